The SMILES string of the molecule is C=C/C=C(N=C)\C(C=C)=C/C.CC.CC(C)C. The van der Waals surface area contributed by atoms with Gasteiger partial charge in [-0.05, 0) is 31.2 Å². The van der Waals surface area contributed by atoms with Gasteiger partial charge in [0, 0.05) is 0 Å². The zero-order valence-corrected chi connectivity index (χ0v) is 12.5. The molecule has 0 aromatic rings. The Bertz CT molecular complexity index is 252. The van der Waals surface area contributed by atoms with Gasteiger partial charge in [-0.25, -0.2) is 0 Å². The van der Waals surface area contributed by atoms with E-state index >= 15 is 0 Å². The zero-order chi connectivity index (χ0) is 14.3. The number of nitrogens with zero attached hydrogens (tertiary/aromatic N) is 1. The number of hydrogen-bond acceptors (Lipinski definition) is 1. The maximum Gasteiger partial charge on any atom is 0.0690 e. The van der Waals surface area contributed by atoms with Crippen LogP contribution in [0.1, 0.15) is 41.5 Å². The first-order chi connectivity index (χ1) is 8.03. The smallest absolute Gasteiger partial charge is 0.0690 e. The van der Waals surface area contributed by atoms with Crippen LogP contribution in [0.4, 0.5) is 0 Å². The Morgan fingerprint density at radius 3 is 1.71 bits per heavy atom. The molecule has 0 amide bonds. The molecule has 0 bridgehead atoms. The van der Waals surface area contributed by atoms with Crippen molar-refractivity contribution in [2.45, 2.75) is 41.5 Å². The number of allylic oxidation sites excluding steroid dienone is 4. The molecule has 0 aliphatic carbocycles. The maximum absolute atomic E-state index is 3.82. The summed E-state index contributed by atoms with van der Waals surface area (Å²) in [5, 5.41) is 0. The van der Waals surface area contributed by atoms with E-state index in [0.29, 0.717) is 0 Å². The molecule has 0 aliphatic heterocycles. The van der Waals surface area contributed by atoms with Crippen LogP contribution in [-0.4, -0.2) is 6.72 Å². The lowest BCUT2D eigenvalue weighted by atomic mass is 10.2. The second-order valence-electron chi connectivity index (χ2n) is 3.63. The molecule has 0 aromatic carbocycles. The van der Waals surface area contributed by atoms with Crippen molar-refractivity contribution < 1.29 is 0 Å². The first-order valence-electron chi connectivity index (χ1n) is 6.12. The minimum Gasteiger partial charge on any atom is -0.264 e. The summed E-state index contributed by atoms with van der Waals surface area (Å²) in [4.78, 5) is 3.82. The van der Waals surface area contributed by atoms with Gasteiger partial charge in [0.05, 0.1) is 5.70 Å². The fourth-order valence-corrected chi connectivity index (χ4v) is 0.722. The third kappa shape index (κ3) is 17.3. The van der Waals surface area contributed by atoms with E-state index in [9.17, 15) is 0 Å². The molecule has 98 valence electrons. The lowest BCUT2D eigenvalue weighted by molar-refractivity contribution is 0.737. The molecule has 17 heavy (non-hydrogen) atoms. The van der Waals surface area contributed by atoms with Gasteiger partial charge in [-0.2, -0.15) is 0 Å². The second-order valence-corrected chi connectivity index (χ2v) is 3.63. The fraction of sp³-hybridized carbons (Fsp3) is 0.438. The van der Waals surface area contributed by atoms with Crippen molar-refractivity contribution in [3.8, 4) is 0 Å². The highest BCUT2D eigenvalue weighted by Gasteiger charge is 1.93. The molecular formula is C16H29N. The summed E-state index contributed by atoms with van der Waals surface area (Å²) in [7, 11) is 0. The monoisotopic (exact) mass is 235 g/mol. The van der Waals surface area contributed by atoms with Crippen molar-refractivity contribution in [2.75, 3.05) is 0 Å². The van der Waals surface area contributed by atoms with E-state index in [-0.39, 0.29) is 0 Å². The van der Waals surface area contributed by atoms with Crippen molar-refractivity contribution in [3.63, 3.8) is 0 Å². The molecule has 0 rings (SSSR count). The average molecular weight is 235 g/mol. The van der Waals surface area contributed by atoms with Gasteiger partial charge in [-0.1, -0.05) is 66.0 Å². The van der Waals surface area contributed by atoms with Crippen LogP contribution in [0.15, 0.2) is 53.7 Å². The molecule has 0 saturated heterocycles. The standard InChI is InChI=1S/C10H13N.C4H10.C2H6/c1-5-8-10(11-4)9(6-2)7-3;1-4(2)3;1-2/h5-8H,1-2,4H2,3H3;4H,1-3H3;1-2H3/b9-7-,10-8+;;. The maximum atomic E-state index is 3.82. The molecule has 0 aliphatic rings. The van der Waals surface area contributed by atoms with Crippen molar-refractivity contribution in [1.82, 2.24) is 0 Å². The molecular weight excluding hydrogens is 206 g/mol. The Labute approximate surface area is 108 Å². The summed E-state index contributed by atoms with van der Waals surface area (Å²) in [6.45, 7) is 23.1. The van der Waals surface area contributed by atoms with Crippen LogP contribution in [-0.2, 0) is 0 Å². The highest BCUT2D eigenvalue weighted by Crippen LogP contribution is 2.11. The Balaban J connectivity index is -0.000000275. The van der Waals surface area contributed by atoms with E-state index < -0.39 is 0 Å². The predicted molar refractivity (Wildman–Crippen MR) is 83.6 cm³/mol. The third-order valence-corrected chi connectivity index (χ3v) is 1.27. The minimum atomic E-state index is 0.803. The Morgan fingerprint density at radius 1 is 1.12 bits per heavy atom. The number of rotatable bonds is 4. The predicted octanol–water partition coefficient (Wildman–Crippen LogP) is 5.58. The summed E-state index contributed by atoms with van der Waals surface area (Å²) in [6, 6.07) is 0. The lowest BCUT2D eigenvalue weighted by Gasteiger charge is -1.98. The van der Waals surface area contributed by atoms with Gasteiger partial charge in [0.25, 0.3) is 0 Å². The van der Waals surface area contributed by atoms with Gasteiger partial charge in [-0.15, -0.1) is 0 Å². The summed E-state index contributed by atoms with van der Waals surface area (Å²) in [6.07, 6.45) is 7.14. The molecule has 0 fully saturated rings. The average Bonchev–Trinajstić information content (AvgIpc) is 2.31. The van der Waals surface area contributed by atoms with Crippen LogP contribution in [0.3, 0.4) is 0 Å². The van der Waals surface area contributed by atoms with Crippen LogP contribution in [0.2, 0.25) is 0 Å². The highest BCUT2D eigenvalue weighted by molar-refractivity contribution is 5.44. The molecule has 0 spiro atoms. The molecule has 0 radical (unpaired) electrons. The third-order valence-electron chi connectivity index (χ3n) is 1.27. The molecule has 0 heterocycles. The van der Waals surface area contributed by atoms with Crippen molar-refractivity contribution in [1.29, 1.82) is 0 Å². The van der Waals surface area contributed by atoms with Gasteiger partial charge >= 0.3 is 0 Å². The van der Waals surface area contributed by atoms with Crippen LogP contribution in [0, 0.1) is 5.92 Å². The molecule has 0 unspecified atom stereocenters. The lowest BCUT2D eigenvalue weighted by Crippen LogP contribution is -1.80. The van der Waals surface area contributed by atoms with Gasteiger partial charge in [-0.3, -0.25) is 4.99 Å². The van der Waals surface area contributed by atoms with E-state index in [4.69, 9.17) is 0 Å². The number of aliphatic imine (C=N–C) groups is 1. The summed E-state index contributed by atoms with van der Waals surface area (Å²) < 4.78 is 0. The first kappa shape index (κ1) is 21.0. The second kappa shape index (κ2) is 17.0. The van der Waals surface area contributed by atoms with E-state index in [1.165, 1.54) is 0 Å². The van der Waals surface area contributed by atoms with Crippen LogP contribution in [0.5, 0.6) is 0 Å². The highest BCUT2D eigenvalue weighted by atomic mass is 14.7. The van der Waals surface area contributed by atoms with Gasteiger partial charge in [0.1, 0.15) is 0 Å². The van der Waals surface area contributed by atoms with E-state index in [1.807, 2.05) is 26.8 Å². The number of hydrogen-bond donors (Lipinski definition) is 0. The summed E-state index contributed by atoms with van der Waals surface area (Å²) >= 11 is 0. The molecule has 0 saturated carbocycles. The molecule has 0 aromatic heterocycles. The van der Waals surface area contributed by atoms with Crippen LogP contribution in [0.25, 0.3) is 0 Å². The summed E-state index contributed by atoms with van der Waals surface area (Å²) in [5.41, 5.74) is 1.78. The normalized spacial score (nSPS) is 10.5. The van der Waals surface area contributed by atoms with Crippen molar-refractivity contribution in [3.05, 3.63) is 48.7 Å². The zero-order valence-electron chi connectivity index (χ0n) is 12.5. The largest absolute Gasteiger partial charge is 0.264 e. The Kier molecular flexibility index (Phi) is 21.0. The van der Waals surface area contributed by atoms with Crippen molar-refractivity contribution in [2.24, 2.45) is 10.9 Å². The topological polar surface area (TPSA) is 12.4 Å². The Hall–Kier alpha value is -1.37. The molecule has 1 nitrogen and oxygen atoms in total. The first-order valence-corrected chi connectivity index (χ1v) is 6.12. The van der Waals surface area contributed by atoms with Gasteiger partial charge in [0.15, 0.2) is 0 Å². The molecule has 0 N–H and O–H groups in total. The quantitative estimate of drug-likeness (QED) is 0.445. The van der Waals surface area contributed by atoms with E-state index in [1.54, 1.807) is 18.2 Å². The molecule has 0 atom stereocenters. The van der Waals surface area contributed by atoms with Crippen LogP contribution >= 0.6 is 0 Å². The fourth-order valence-electron chi connectivity index (χ4n) is 0.722. The summed E-state index contributed by atoms with van der Waals surface area (Å²) in [5.74, 6) is 0.833. The van der Waals surface area contributed by atoms with E-state index in [2.05, 4.69) is 45.6 Å². The van der Waals surface area contributed by atoms with E-state index in [0.717, 1.165) is 17.2 Å². The minimum absolute atomic E-state index is 0.803. The van der Waals surface area contributed by atoms with Gasteiger partial charge < -0.3 is 0 Å². The van der Waals surface area contributed by atoms with Crippen LogP contribution < -0.4 is 0 Å². The molecule has 1 heteroatoms. The van der Waals surface area contributed by atoms with Crippen molar-refractivity contribution >= 4 is 6.72 Å². The van der Waals surface area contributed by atoms with Gasteiger partial charge in [0.2, 0.25) is 0 Å². The Morgan fingerprint density at radius 2 is 1.53 bits per heavy atom.